The Morgan fingerprint density at radius 3 is 2.26 bits per heavy atom. The maximum atomic E-state index is 12.7. The van der Waals surface area contributed by atoms with Gasteiger partial charge in [-0.05, 0) is 55.9 Å². The summed E-state index contributed by atoms with van der Waals surface area (Å²) in [6.45, 7) is 3.40. The number of methoxy groups -OCH3 is 1. The number of hydrogen-bond acceptors (Lipinski definition) is 4. The number of hydrogen-bond donors (Lipinski definition) is 1. The molecule has 0 atom stereocenters. The first-order valence-electron chi connectivity index (χ1n) is 10.8. The monoisotopic (exact) mass is 444 g/mol. The van der Waals surface area contributed by atoms with Gasteiger partial charge >= 0.3 is 0 Å². The molecule has 1 saturated heterocycles. The van der Waals surface area contributed by atoms with Crippen molar-refractivity contribution in [1.29, 1.82) is 0 Å². The Morgan fingerprint density at radius 1 is 1.03 bits per heavy atom. The molecule has 2 aromatic carbocycles. The van der Waals surface area contributed by atoms with Crippen LogP contribution in [-0.4, -0.2) is 45.4 Å². The van der Waals surface area contributed by atoms with Gasteiger partial charge in [0.15, 0.2) is 0 Å². The predicted molar refractivity (Wildman–Crippen MR) is 122 cm³/mol. The molecule has 0 saturated carbocycles. The van der Waals surface area contributed by atoms with Crippen molar-refractivity contribution < 1.29 is 17.9 Å². The maximum absolute atomic E-state index is 12.7. The summed E-state index contributed by atoms with van der Waals surface area (Å²) in [7, 11) is -1.71. The number of sulfonamides is 1. The molecule has 7 heteroatoms. The molecule has 168 valence electrons. The molecule has 0 radical (unpaired) electrons. The van der Waals surface area contributed by atoms with E-state index in [9.17, 15) is 13.2 Å². The zero-order chi connectivity index (χ0) is 22.3. The van der Waals surface area contributed by atoms with Gasteiger partial charge in [-0.2, -0.15) is 0 Å². The van der Waals surface area contributed by atoms with Crippen molar-refractivity contribution in [2.45, 2.75) is 38.4 Å². The van der Waals surface area contributed by atoms with Crippen LogP contribution in [0.3, 0.4) is 0 Å². The smallest absolute Gasteiger partial charge is 0.223 e. The van der Waals surface area contributed by atoms with Crippen LogP contribution in [0.4, 0.5) is 0 Å². The van der Waals surface area contributed by atoms with Crippen molar-refractivity contribution in [3.05, 3.63) is 65.2 Å². The van der Waals surface area contributed by atoms with Gasteiger partial charge in [-0.1, -0.05) is 42.0 Å². The van der Waals surface area contributed by atoms with Crippen molar-refractivity contribution >= 4 is 15.9 Å². The van der Waals surface area contributed by atoms with E-state index in [0.29, 0.717) is 32.5 Å². The number of ether oxygens (including phenoxy) is 1. The Morgan fingerprint density at radius 2 is 1.65 bits per heavy atom. The molecule has 1 N–H and O–H groups in total. The van der Waals surface area contributed by atoms with Crippen LogP contribution in [0.2, 0.25) is 0 Å². The highest BCUT2D eigenvalue weighted by atomic mass is 32.2. The topological polar surface area (TPSA) is 75.7 Å². The van der Waals surface area contributed by atoms with Gasteiger partial charge in [0.2, 0.25) is 15.9 Å². The first kappa shape index (κ1) is 23.3. The van der Waals surface area contributed by atoms with Gasteiger partial charge in [-0.3, -0.25) is 4.79 Å². The fraction of sp³-hybridized carbons (Fsp3) is 0.458. The van der Waals surface area contributed by atoms with E-state index in [4.69, 9.17) is 4.74 Å². The van der Waals surface area contributed by atoms with Gasteiger partial charge < -0.3 is 10.1 Å². The number of carbonyl (C=O) groups is 1. The minimum atomic E-state index is -3.36. The number of piperidine rings is 1. The molecular weight excluding hydrogens is 412 g/mol. The number of nitrogens with zero attached hydrogens (tertiary/aromatic N) is 1. The molecule has 6 nitrogen and oxygen atoms in total. The van der Waals surface area contributed by atoms with Gasteiger partial charge in [0.05, 0.1) is 12.9 Å². The summed E-state index contributed by atoms with van der Waals surface area (Å²) < 4.78 is 32.1. The molecule has 1 aliphatic heterocycles. The Balaban J connectivity index is 1.39. The minimum absolute atomic E-state index is 0.00943. The highest BCUT2D eigenvalue weighted by Gasteiger charge is 2.31. The lowest BCUT2D eigenvalue weighted by atomic mass is 9.97. The van der Waals surface area contributed by atoms with Crippen LogP contribution in [0.15, 0.2) is 48.5 Å². The molecule has 31 heavy (non-hydrogen) atoms. The number of benzene rings is 2. The normalized spacial score (nSPS) is 15.5. The summed E-state index contributed by atoms with van der Waals surface area (Å²) in [5.74, 6) is 0.761. The fourth-order valence-corrected chi connectivity index (χ4v) is 5.39. The molecule has 0 spiro atoms. The second-order valence-corrected chi connectivity index (χ2v) is 10.1. The van der Waals surface area contributed by atoms with Crippen LogP contribution in [0.1, 0.15) is 36.0 Å². The summed E-state index contributed by atoms with van der Waals surface area (Å²) in [6, 6.07) is 15.5. The zero-order valence-electron chi connectivity index (χ0n) is 18.3. The van der Waals surface area contributed by atoms with Crippen LogP contribution >= 0.6 is 0 Å². The first-order chi connectivity index (χ1) is 14.9. The van der Waals surface area contributed by atoms with Gasteiger partial charge in [-0.25, -0.2) is 12.7 Å². The van der Waals surface area contributed by atoms with Gasteiger partial charge in [0, 0.05) is 25.6 Å². The van der Waals surface area contributed by atoms with E-state index < -0.39 is 10.0 Å². The maximum Gasteiger partial charge on any atom is 0.223 e. The Hall–Kier alpha value is -2.38. The van der Waals surface area contributed by atoms with Crippen LogP contribution in [-0.2, 0) is 27.0 Å². The van der Waals surface area contributed by atoms with Gasteiger partial charge in [0.1, 0.15) is 5.75 Å². The predicted octanol–water partition coefficient (Wildman–Crippen LogP) is 3.29. The summed E-state index contributed by atoms with van der Waals surface area (Å²) >= 11 is 0. The molecule has 1 fully saturated rings. The lowest BCUT2D eigenvalue weighted by molar-refractivity contribution is -0.126. The van der Waals surface area contributed by atoms with Crippen molar-refractivity contribution in [1.82, 2.24) is 9.62 Å². The van der Waals surface area contributed by atoms with E-state index >= 15 is 0 Å². The largest absolute Gasteiger partial charge is 0.497 e. The number of carbonyl (C=O) groups excluding carboxylic acids is 1. The average Bonchev–Trinajstić information content (AvgIpc) is 2.78. The first-order valence-corrected chi connectivity index (χ1v) is 12.4. The van der Waals surface area contributed by atoms with Crippen molar-refractivity contribution in [3.63, 3.8) is 0 Å². The third-order valence-electron chi connectivity index (χ3n) is 5.79. The van der Waals surface area contributed by atoms with Crippen LogP contribution in [0.25, 0.3) is 0 Å². The van der Waals surface area contributed by atoms with E-state index in [-0.39, 0.29) is 17.6 Å². The summed E-state index contributed by atoms with van der Waals surface area (Å²) in [5.41, 5.74) is 3.11. The molecule has 1 heterocycles. The van der Waals surface area contributed by atoms with Crippen LogP contribution in [0.5, 0.6) is 5.75 Å². The highest BCUT2D eigenvalue weighted by Crippen LogP contribution is 2.22. The summed E-state index contributed by atoms with van der Waals surface area (Å²) in [6.07, 6.45) is 2.89. The van der Waals surface area contributed by atoms with Crippen molar-refractivity contribution in [3.8, 4) is 5.75 Å². The molecular formula is C24H32N2O4S. The van der Waals surface area contributed by atoms with Crippen molar-refractivity contribution in [2.75, 3.05) is 26.7 Å². The standard InChI is InChI=1S/C24H32N2O4S/c1-19-5-7-21(8-6-19)18-31(28,29)26-16-13-22(14-17-26)24(27)25-15-3-4-20-9-11-23(30-2)12-10-20/h5-12,22H,3-4,13-18H2,1-2H3,(H,25,27). The van der Waals surface area contributed by atoms with Gasteiger partial charge in [-0.15, -0.1) is 0 Å². The van der Waals surface area contributed by atoms with E-state index in [1.54, 1.807) is 7.11 Å². The fourth-order valence-electron chi connectivity index (χ4n) is 3.82. The Kier molecular flexibility index (Phi) is 8.09. The Labute approximate surface area is 185 Å². The second kappa shape index (κ2) is 10.8. The van der Waals surface area contributed by atoms with Crippen LogP contribution in [0, 0.1) is 12.8 Å². The third-order valence-corrected chi connectivity index (χ3v) is 7.64. The Bertz CT molecular complexity index is 948. The molecule has 0 aromatic heterocycles. The number of rotatable bonds is 9. The summed E-state index contributed by atoms with van der Waals surface area (Å²) in [5, 5.41) is 3.01. The number of nitrogens with one attached hydrogen (secondary N) is 1. The van der Waals surface area contributed by atoms with E-state index in [2.05, 4.69) is 5.32 Å². The van der Waals surface area contributed by atoms with Crippen molar-refractivity contribution in [2.24, 2.45) is 5.92 Å². The molecule has 1 aliphatic rings. The average molecular weight is 445 g/mol. The van der Waals surface area contributed by atoms with E-state index in [1.165, 1.54) is 9.87 Å². The van der Waals surface area contributed by atoms with Crippen LogP contribution < -0.4 is 10.1 Å². The minimum Gasteiger partial charge on any atom is -0.497 e. The van der Waals surface area contributed by atoms with E-state index in [1.807, 2.05) is 55.5 Å². The quantitative estimate of drug-likeness (QED) is 0.602. The molecule has 3 rings (SSSR count). The number of aryl methyl sites for hydroxylation is 2. The molecule has 2 aromatic rings. The molecule has 0 bridgehead atoms. The lowest BCUT2D eigenvalue weighted by Gasteiger charge is -2.30. The van der Waals surface area contributed by atoms with E-state index in [0.717, 1.165) is 29.7 Å². The van der Waals surface area contributed by atoms with Gasteiger partial charge in [0.25, 0.3) is 0 Å². The second-order valence-electron chi connectivity index (χ2n) is 8.16. The summed E-state index contributed by atoms with van der Waals surface area (Å²) in [4.78, 5) is 12.5. The number of amides is 1. The third kappa shape index (κ3) is 6.80. The lowest BCUT2D eigenvalue weighted by Crippen LogP contribution is -2.43. The molecule has 0 aliphatic carbocycles. The molecule has 1 amide bonds. The SMILES string of the molecule is COc1ccc(CCCNC(=O)C2CCN(S(=O)(=O)Cc3ccc(C)cc3)CC2)cc1. The molecule has 0 unspecified atom stereocenters. The highest BCUT2D eigenvalue weighted by molar-refractivity contribution is 7.88. The zero-order valence-corrected chi connectivity index (χ0v) is 19.2.